The highest BCUT2D eigenvalue weighted by Crippen LogP contribution is 2.17. The van der Waals surface area contributed by atoms with Crippen molar-refractivity contribution in [2.24, 2.45) is 0 Å². The van der Waals surface area contributed by atoms with Gasteiger partial charge in [-0.3, -0.25) is 4.79 Å². The molecule has 0 aliphatic carbocycles. The average molecular weight is 293 g/mol. The molecule has 0 saturated carbocycles. The van der Waals surface area contributed by atoms with E-state index in [2.05, 4.69) is 5.32 Å². The fourth-order valence-electron chi connectivity index (χ4n) is 1.84. The second-order valence-electron chi connectivity index (χ2n) is 4.51. The summed E-state index contributed by atoms with van der Waals surface area (Å²) in [6.07, 6.45) is 0. The first-order chi connectivity index (χ1) is 9.47. The molecule has 0 bridgehead atoms. The Labute approximate surface area is 121 Å². The lowest BCUT2D eigenvalue weighted by Gasteiger charge is -2.09. The molecule has 0 unspecified atom stereocenters. The highest BCUT2D eigenvalue weighted by Gasteiger charge is 2.14. The van der Waals surface area contributed by atoms with Gasteiger partial charge in [0, 0.05) is 17.3 Å². The van der Waals surface area contributed by atoms with Gasteiger partial charge in [-0.05, 0) is 42.3 Å². The fraction of sp³-hybridized carbons (Fsp3) is 0.133. The summed E-state index contributed by atoms with van der Waals surface area (Å²) in [5, 5.41) is 3.28. The molecular weight excluding hydrogens is 279 g/mol. The number of nitrogens with one attached hydrogen (secondary N) is 1. The Hall–Kier alpha value is -2.07. The van der Waals surface area contributed by atoms with Gasteiger partial charge in [-0.1, -0.05) is 23.7 Å². The molecule has 3 N–H and O–H groups in total. The van der Waals surface area contributed by atoms with Crippen molar-refractivity contribution in [3.63, 3.8) is 0 Å². The number of rotatable bonds is 3. The minimum Gasteiger partial charge on any atom is -0.399 e. The Kier molecular flexibility index (Phi) is 4.25. The maximum Gasteiger partial charge on any atom is 0.254 e. The first-order valence-electron chi connectivity index (χ1n) is 6.05. The van der Waals surface area contributed by atoms with Crippen LogP contribution in [-0.4, -0.2) is 5.91 Å². The van der Waals surface area contributed by atoms with E-state index in [1.807, 2.05) is 0 Å². The van der Waals surface area contributed by atoms with Crippen LogP contribution in [0.15, 0.2) is 36.4 Å². The predicted octanol–water partition coefficient (Wildman–Crippen LogP) is 3.30. The number of nitrogen functional groups attached to an aromatic ring is 1. The van der Waals surface area contributed by atoms with Crippen molar-refractivity contribution in [3.8, 4) is 0 Å². The summed E-state index contributed by atoms with van der Waals surface area (Å²) < 4.78 is 13.9. The fourth-order valence-corrected chi connectivity index (χ4v) is 1.97. The molecule has 2 aromatic carbocycles. The number of amides is 1. The highest BCUT2D eigenvalue weighted by molar-refractivity contribution is 6.30. The first kappa shape index (κ1) is 14.3. The van der Waals surface area contributed by atoms with Gasteiger partial charge in [0.05, 0.1) is 5.56 Å². The predicted molar refractivity (Wildman–Crippen MR) is 78.2 cm³/mol. The summed E-state index contributed by atoms with van der Waals surface area (Å²) in [6.45, 7) is 1.87. The summed E-state index contributed by atoms with van der Waals surface area (Å²) in [6, 6.07) is 9.88. The molecule has 104 valence electrons. The number of aryl methyl sites for hydroxylation is 1. The van der Waals surface area contributed by atoms with E-state index < -0.39 is 11.7 Å². The summed E-state index contributed by atoms with van der Waals surface area (Å²) in [7, 11) is 0. The molecule has 20 heavy (non-hydrogen) atoms. The van der Waals surface area contributed by atoms with Crippen LogP contribution in [0.3, 0.4) is 0 Å². The summed E-state index contributed by atoms with van der Waals surface area (Å²) in [4.78, 5) is 12.0. The zero-order valence-corrected chi connectivity index (χ0v) is 11.7. The van der Waals surface area contributed by atoms with Gasteiger partial charge in [0.15, 0.2) is 0 Å². The van der Waals surface area contributed by atoms with E-state index in [0.717, 1.165) is 5.56 Å². The normalized spacial score (nSPS) is 10.3. The van der Waals surface area contributed by atoms with Gasteiger partial charge >= 0.3 is 0 Å². The van der Waals surface area contributed by atoms with Crippen molar-refractivity contribution < 1.29 is 9.18 Å². The van der Waals surface area contributed by atoms with Crippen LogP contribution in [0.2, 0.25) is 5.02 Å². The Morgan fingerprint density at radius 2 is 1.95 bits per heavy atom. The lowest BCUT2D eigenvalue weighted by molar-refractivity contribution is 0.0946. The summed E-state index contributed by atoms with van der Waals surface area (Å²) >= 11 is 5.78. The number of anilines is 1. The molecule has 1 amide bonds. The third-order valence-electron chi connectivity index (χ3n) is 2.89. The molecule has 0 aliphatic heterocycles. The lowest BCUT2D eigenvalue weighted by atomic mass is 10.1. The van der Waals surface area contributed by atoms with Crippen LogP contribution in [0.5, 0.6) is 0 Å². The molecular formula is C15H14ClFN2O. The van der Waals surface area contributed by atoms with E-state index in [1.165, 1.54) is 12.1 Å². The molecule has 3 nitrogen and oxygen atoms in total. The lowest BCUT2D eigenvalue weighted by Crippen LogP contribution is -2.24. The van der Waals surface area contributed by atoms with Crippen LogP contribution in [0, 0.1) is 12.7 Å². The summed E-state index contributed by atoms with van der Waals surface area (Å²) in [5.74, 6) is -1.04. The van der Waals surface area contributed by atoms with Crippen LogP contribution in [0.1, 0.15) is 21.5 Å². The SMILES string of the molecule is Cc1cc(N)cc(C(=O)NCc2ccc(Cl)cc2)c1F. The Morgan fingerprint density at radius 3 is 2.60 bits per heavy atom. The minimum atomic E-state index is -0.548. The molecule has 0 fully saturated rings. The third-order valence-corrected chi connectivity index (χ3v) is 3.14. The largest absolute Gasteiger partial charge is 0.399 e. The van der Waals surface area contributed by atoms with Crippen molar-refractivity contribution in [1.29, 1.82) is 0 Å². The van der Waals surface area contributed by atoms with Crippen LogP contribution in [0.4, 0.5) is 10.1 Å². The monoisotopic (exact) mass is 292 g/mol. The third kappa shape index (κ3) is 3.27. The number of hydrogen-bond donors (Lipinski definition) is 2. The number of benzene rings is 2. The zero-order valence-electron chi connectivity index (χ0n) is 10.9. The topological polar surface area (TPSA) is 55.1 Å². The standard InChI is InChI=1S/C15H14ClFN2O/c1-9-6-12(18)7-13(14(9)17)15(20)19-8-10-2-4-11(16)5-3-10/h2-7H,8,18H2,1H3,(H,19,20). The van der Waals surface area contributed by atoms with Gasteiger partial charge in [-0.2, -0.15) is 0 Å². The van der Waals surface area contributed by atoms with Gasteiger partial charge in [-0.25, -0.2) is 4.39 Å². The van der Waals surface area contributed by atoms with E-state index in [4.69, 9.17) is 17.3 Å². The van der Waals surface area contributed by atoms with Gasteiger partial charge < -0.3 is 11.1 Å². The van der Waals surface area contributed by atoms with Crippen molar-refractivity contribution >= 4 is 23.2 Å². The number of carbonyl (C=O) groups is 1. The molecule has 0 atom stereocenters. The second-order valence-corrected chi connectivity index (χ2v) is 4.94. The summed E-state index contributed by atoms with van der Waals surface area (Å²) in [5.41, 5.74) is 7.17. The smallest absolute Gasteiger partial charge is 0.254 e. The van der Waals surface area contributed by atoms with E-state index >= 15 is 0 Å². The number of halogens is 2. The molecule has 0 radical (unpaired) electrons. The minimum absolute atomic E-state index is 0.0449. The number of carbonyl (C=O) groups excluding carboxylic acids is 1. The molecule has 0 saturated heterocycles. The van der Waals surface area contributed by atoms with Crippen molar-refractivity contribution in [2.45, 2.75) is 13.5 Å². The van der Waals surface area contributed by atoms with Crippen LogP contribution in [0.25, 0.3) is 0 Å². The van der Waals surface area contributed by atoms with E-state index in [-0.39, 0.29) is 5.56 Å². The van der Waals surface area contributed by atoms with Crippen molar-refractivity contribution in [1.82, 2.24) is 5.32 Å². The highest BCUT2D eigenvalue weighted by atomic mass is 35.5. The molecule has 0 heterocycles. The quantitative estimate of drug-likeness (QED) is 0.853. The van der Waals surface area contributed by atoms with Crippen molar-refractivity contribution in [2.75, 3.05) is 5.73 Å². The molecule has 2 aromatic rings. The zero-order chi connectivity index (χ0) is 14.7. The van der Waals surface area contributed by atoms with Crippen LogP contribution >= 0.6 is 11.6 Å². The molecule has 5 heteroatoms. The molecule has 0 aliphatic rings. The van der Waals surface area contributed by atoms with E-state index in [9.17, 15) is 9.18 Å². The second kappa shape index (κ2) is 5.92. The van der Waals surface area contributed by atoms with E-state index in [0.29, 0.717) is 22.8 Å². The maximum atomic E-state index is 13.9. The van der Waals surface area contributed by atoms with Gasteiger partial charge in [0.25, 0.3) is 5.91 Å². The van der Waals surface area contributed by atoms with Crippen LogP contribution in [-0.2, 0) is 6.54 Å². The maximum absolute atomic E-state index is 13.9. The Morgan fingerprint density at radius 1 is 1.30 bits per heavy atom. The van der Waals surface area contributed by atoms with Crippen molar-refractivity contribution in [3.05, 3.63) is 63.9 Å². The van der Waals surface area contributed by atoms with Gasteiger partial charge in [0.2, 0.25) is 0 Å². The van der Waals surface area contributed by atoms with Gasteiger partial charge in [-0.15, -0.1) is 0 Å². The average Bonchev–Trinajstić information content (AvgIpc) is 2.42. The van der Waals surface area contributed by atoms with Gasteiger partial charge in [0.1, 0.15) is 5.82 Å². The molecule has 2 rings (SSSR count). The number of nitrogens with two attached hydrogens (primary N) is 1. The van der Waals surface area contributed by atoms with E-state index in [1.54, 1.807) is 31.2 Å². The first-order valence-corrected chi connectivity index (χ1v) is 6.43. The molecule has 0 spiro atoms. The van der Waals surface area contributed by atoms with Crippen LogP contribution < -0.4 is 11.1 Å². The Bertz CT molecular complexity index is 641. The molecule has 0 aromatic heterocycles. The number of hydrogen-bond acceptors (Lipinski definition) is 2. The Balaban J connectivity index is 2.11.